The highest BCUT2D eigenvalue weighted by atomic mass is 32.1. The third-order valence-corrected chi connectivity index (χ3v) is 4.11. The average Bonchev–Trinajstić information content (AvgIpc) is 2.86. The SMILES string of the molecule is COCc1nc(C(=O)N2CCOCc3ccccc32)cs1. The van der Waals surface area contributed by atoms with Crippen LogP contribution in [0.15, 0.2) is 29.6 Å². The molecule has 0 spiro atoms. The van der Waals surface area contributed by atoms with Gasteiger partial charge >= 0.3 is 0 Å². The molecule has 0 atom stereocenters. The molecular formula is C15H16N2O3S. The second-order valence-electron chi connectivity index (χ2n) is 4.70. The van der Waals surface area contributed by atoms with Gasteiger partial charge in [-0.3, -0.25) is 4.79 Å². The summed E-state index contributed by atoms with van der Waals surface area (Å²) in [6.07, 6.45) is 0. The van der Waals surface area contributed by atoms with E-state index >= 15 is 0 Å². The minimum absolute atomic E-state index is 0.0912. The molecule has 0 radical (unpaired) electrons. The number of hydrogen-bond donors (Lipinski definition) is 0. The number of nitrogens with zero attached hydrogens (tertiary/aromatic N) is 2. The van der Waals surface area contributed by atoms with Crippen molar-refractivity contribution in [3.8, 4) is 0 Å². The highest BCUT2D eigenvalue weighted by molar-refractivity contribution is 7.09. The molecule has 1 aliphatic heterocycles. The van der Waals surface area contributed by atoms with E-state index < -0.39 is 0 Å². The predicted molar refractivity (Wildman–Crippen MR) is 80.6 cm³/mol. The number of thiazole rings is 1. The largest absolute Gasteiger partial charge is 0.378 e. The first-order valence-electron chi connectivity index (χ1n) is 6.70. The fourth-order valence-corrected chi connectivity index (χ4v) is 3.04. The Bertz CT molecular complexity index is 641. The van der Waals surface area contributed by atoms with Crippen LogP contribution in [0.4, 0.5) is 5.69 Å². The Morgan fingerprint density at radius 1 is 1.48 bits per heavy atom. The fraction of sp³-hybridized carbons (Fsp3) is 0.333. The van der Waals surface area contributed by atoms with Crippen molar-refractivity contribution >= 4 is 22.9 Å². The molecule has 2 heterocycles. The van der Waals surface area contributed by atoms with Crippen molar-refractivity contribution in [1.29, 1.82) is 0 Å². The summed E-state index contributed by atoms with van der Waals surface area (Å²) >= 11 is 1.44. The molecule has 1 aromatic heterocycles. The van der Waals surface area contributed by atoms with Crippen LogP contribution in [-0.2, 0) is 22.7 Å². The van der Waals surface area contributed by atoms with E-state index in [-0.39, 0.29) is 5.91 Å². The van der Waals surface area contributed by atoms with Crippen molar-refractivity contribution in [1.82, 2.24) is 4.98 Å². The number of amides is 1. The van der Waals surface area contributed by atoms with Crippen molar-refractivity contribution in [3.63, 3.8) is 0 Å². The molecule has 1 aromatic carbocycles. The maximum atomic E-state index is 12.7. The number of carbonyl (C=O) groups excluding carboxylic acids is 1. The monoisotopic (exact) mass is 304 g/mol. The van der Waals surface area contributed by atoms with Gasteiger partial charge < -0.3 is 14.4 Å². The molecule has 0 saturated heterocycles. The summed E-state index contributed by atoms with van der Waals surface area (Å²) in [4.78, 5) is 18.8. The fourth-order valence-electron chi connectivity index (χ4n) is 2.30. The molecule has 2 aromatic rings. The van der Waals surface area contributed by atoms with Crippen LogP contribution < -0.4 is 4.90 Å². The number of aromatic nitrogens is 1. The number of methoxy groups -OCH3 is 1. The van der Waals surface area contributed by atoms with Crippen LogP contribution in [-0.4, -0.2) is 31.2 Å². The van der Waals surface area contributed by atoms with Gasteiger partial charge in [-0.15, -0.1) is 11.3 Å². The third kappa shape index (κ3) is 2.97. The Morgan fingerprint density at radius 2 is 2.33 bits per heavy atom. The molecule has 5 nitrogen and oxygen atoms in total. The summed E-state index contributed by atoms with van der Waals surface area (Å²) in [6, 6.07) is 7.82. The minimum atomic E-state index is -0.0912. The first-order chi connectivity index (χ1) is 10.3. The Labute approximate surface area is 127 Å². The summed E-state index contributed by atoms with van der Waals surface area (Å²) in [5.41, 5.74) is 2.39. The number of rotatable bonds is 3. The normalized spacial score (nSPS) is 14.6. The van der Waals surface area contributed by atoms with Gasteiger partial charge in [-0.1, -0.05) is 18.2 Å². The molecular weight excluding hydrogens is 288 g/mol. The Morgan fingerprint density at radius 3 is 3.19 bits per heavy atom. The van der Waals surface area contributed by atoms with E-state index in [0.717, 1.165) is 16.3 Å². The maximum absolute atomic E-state index is 12.7. The smallest absolute Gasteiger partial charge is 0.277 e. The Balaban J connectivity index is 1.89. The van der Waals surface area contributed by atoms with Crippen LogP contribution in [0.1, 0.15) is 21.1 Å². The zero-order chi connectivity index (χ0) is 14.7. The Kier molecular flexibility index (Phi) is 4.28. The molecule has 0 saturated carbocycles. The second-order valence-corrected chi connectivity index (χ2v) is 5.64. The molecule has 0 bridgehead atoms. The quantitative estimate of drug-likeness (QED) is 0.874. The molecule has 1 aliphatic rings. The molecule has 110 valence electrons. The van der Waals surface area contributed by atoms with E-state index in [1.54, 1.807) is 17.4 Å². The van der Waals surface area contributed by atoms with Gasteiger partial charge in [0.15, 0.2) is 0 Å². The maximum Gasteiger partial charge on any atom is 0.277 e. The van der Waals surface area contributed by atoms with Gasteiger partial charge in [0.05, 0.1) is 19.8 Å². The molecule has 3 rings (SSSR count). The molecule has 0 fully saturated rings. The number of benzene rings is 1. The van der Waals surface area contributed by atoms with Crippen LogP contribution in [0.25, 0.3) is 0 Å². The van der Waals surface area contributed by atoms with Gasteiger partial charge in [0, 0.05) is 30.3 Å². The highest BCUT2D eigenvalue weighted by Gasteiger charge is 2.24. The summed E-state index contributed by atoms with van der Waals surface area (Å²) in [6.45, 7) is 2.02. The van der Waals surface area contributed by atoms with Crippen molar-refractivity contribution in [3.05, 3.63) is 45.9 Å². The number of fused-ring (bicyclic) bond motifs is 1. The zero-order valence-corrected chi connectivity index (χ0v) is 12.6. The van der Waals surface area contributed by atoms with E-state index in [4.69, 9.17) is 9.47 Å². The van der Waals surface area contributed by atoms with Crippen LogP contribution in [0.2, 0.25) is 0 Å². The lowest BCUT2D eigenvalue weighted by Gasteiger charge is -2.21. The topological polar surface area (TPSA) is 51.7 Å². The van der Waals surface area contributed by atoms with Crippen molar-refractivity contribution in [2.45, 2.75) is 13.2 Å². The molecule has 21 heavy (non-hydrogen) atoms. The molecule has 6 heteroatoms. The van der Waals surface area contributed by atoms with Crippen molar-refractivity contribution in [2.75, 3.05) is 25.2 Å². The van der Waals surface area contributed by atoms with Gasteiger partial charge in [-0.2, -0.15) is 0 Å². The van der Waals surface area contributed by atoms with Crippen LogP contribution >= 0.6 is 11.3 Å². The van der Waals surface area contributed by atoms with Crippen LogP contribution in [0, 0.1) is 0 Å². The summed E-state index contributed by atoms with van der Waals surface area (Å²) in [7, 11) is 1.62. The lowest BCUT2D eigenvalue weighted by Crippen LogP contribution is -2.33. The lowest BCUT2D eigenvalue weighted by atomic mass is 10.1. The van der Waals surface area contributed by atoms with E-state index in [2.05, 4.69) is 4.98 Å². The van der Waals surface area contributed by atoms with E-state index in [1.165, 1.54) is 11.3 Å². The molecule has 0 N–H and O–H groups in total. The summed E-state index contributed by atoms with van der Waals surface area (Å²) in [5, 5.41) is 2.59. The highest BCUT2D eigenvalue weighted by Crippen LogP contribution is 2.25. The first kappa shape index (κ1) is 14.2. The van der Waals surface area contributed by atoms with E-state index in [1.807, 2.05) is 24.3 Å². The number of para-hydroxylation sites is 1. The first-order valence-corrected chi connectivity index (χ1v) is 7.58. The van der Waals surface area contributed by atoms with E-state index in [0.29, 0.717) is 32.1 Å². The van der Waals surface area contributed by atoms with Crippen molar-refractivity contribution < 1.29 is 14.3 Å². The number of hydrogen-bond acceptors (Lipinski definition) is 5. The zero-order valence-electron chi connectivity index (χ0n) is 11.7. The third-order valence-electron chi connectivity index (χ3n) is 3.28. The molecule has 0 aliphatic carbocycles. The minimum Gasteiger partial charge on any atom is -0.378 e. The second kappa shape index (κ2) is 6.34. The van der Waals surface area contributed by atoms with Crippen LogP contribution in [0.3, 0.4) is 0 Å². The molecule has 0 unspecified atom stereocenters. The van der Waals surface area contributed by atoms with Crippen LogP contribution in [0.5, 0.6) is 0 Å². The van der Waals surface area contributed by atoms with Gasteiger partial charge in [0.2, 0.25) is 0 Å². The van der Waals surface area contributed by atoms with Gasteiger partial charge in [0.1, 0.15) is 10.7 Å². The van der Waals surface area contributed by atoms with Gasteiger partial charge in [-0.05, 0) is 6.07 Å². The number of ether oxygens (including phenoxy) is 2. The van der Waals surface area contributed by atoms with Gasteiger partial charge in [0.25, 0.3) is 5.91 Å². The molecule has 1 amide bonds. The predicted octanol–water partition coefficient (Wildman–Crippen LogP) is 2.47. The average molecular weight is 304 g/mol. The van der Waals surface area contributed by atoms with E-state index in [9.17, 15) is 4.79 Å². The lowest BCUT2D eigenvalue weighted by molar-refractivity contribution is 0.0961. The standard InChI is InChI=1S/C15H16N2O3S/c1-19-9-14-16-12(10-21-14)15(18)17-6-7-20-8-11-4-2-3-5-13(11)17/h2-5,10H,6-9H2,1H3. The number of anilines is 1. The van der Waals surface area contributed by atoms with Gasteiger partial charge in [-0.25, -0.2) is 4.98 Å². The van der Waals surface area contributed by atoms with Crippen molar-refractivity contribution in [2.24, 2.45) is 0 Å². The summed E-state index contributed by atoms with van der Waals surface area (Å²) in [5.74, 6) is -0.0912. The Hall–Kier alpha value is -1.76. The summed E-state index contributed by atoms with van der Waals surface area (Å²) < 4.78 is 10.6. The number of carbonyl (C=O) groups is 1.